The molecule has 1 amide bonds. The lowest BCUT2D eigenvalue weighted by atomic mass is 9.49. The van der Waals surface area contributed by atoms with Crippen LogP contribution in [0.4, 0.5) is 0 Å². The first-order chi connectivity index (χ1) is 14.5. The number of ether oxygens (including phenoxy) is 2. The van der Waals surface area contributed by atoms with Crippen molar-refractivity contribution in [3.05, 3.63) is 29.6 Å². The topological polar surface area (TPSA) is 51.7 Å². The predicted molar refractivity (Wildman–Crippen MR) is 113 cm³/mol. The summed E-state index contributed by atoms with van der Waals surface area (Å²) in [4.78, 5) is 19.9. The number of likely N-dealkylation sites (tertiary alicyclic amines) is 1. The van der Waals surface area contributed by atoms with Crippen molar-refractivity contribution in [2.45, 2.75) is 76.6 Å². The third-order valence-corrected chi connectivity index (χ3v) is 8.60. The maximum atomic E-state index is 13.6. The summed E-state index contributed by atoms with van der Waals surface area (Å²) in [5, 5.41) is 0. The summed E-state index contributed by atoms with van der Waals surface area (Å²) in [6.45, 7) is 4.92. The van der Waals surface area contributed by atoms with E-state index in [1.54, 1.807) is 0 Å². The molecule has 3 heterocycles. The van der Waals surface area contributed by atoms with Crippen LogP contribution < -0.4 is 0 Å². The van der Waals surface area contributed by atoms with Crippen molar-refractivity contribution in [1.29, 1.82) is 0 Å². The van der Waals surface area contributed by atoms with Crippen LogP contribution in [0.5, 0.6) is 0 Å². The molecule has 162 valence electrons. The third kappa shape index (κ3) is 3.29. The molecule has 6 fully saturated rings. The van der Waals surface area contributed by atoms with E-state index in [4.69, 9.17) is 9.47 Å². The van der Waals surface area contributed by atoms with Gasteiger partial charge < -0.3 is 14.4 Å². The molecule has 5 heteroatoms. The summed E-state index contributed by atoms with van der Waals surface area (Å²) < 4.78 is 12.4. The molecular formula is C25H34N2O3. The predicted octanol–water partition coefficient (Wildman–Crippen LogP) is 3.88. The molecule has 2 aliphatic heterocycles. The minimum Gasteiger partial charge on any atom is -0.373 e. The van der Waals surface area contributed by atoms with Crippen LogP contribution in [0.1, 0.15) is 62.5 Å². The standard InChI is InChI=1S/C25H34N2O3/c1-17-4-21(13-26-12-17)14-29-22-2-3-30-25(11-22)15-27(16-25)23(28)24-8-18-5-19(9-24)7-20(6-18)10-24/h4,12-13,18-20,22H,2-3,5-11,14-16H2,1H3/t18?,19?,20?,22-,24?/m0/s1. The molecule has 4 saturated carbocycles. The normalized spacial score (nSPS) is 38.6. The summed E-state index contributed by atoms with van der Waals surface area (Å²) in [6, 6.07) is 2.14. The maximum absolute atomic E-state index is 13.6. The van der Waals surface area contributed by atoms with Crippen molar-refractivity contribution >= 4 is 5.91 Å². The first-order valence-corrected chi connectivity index (χ1v) is 12.0. The van der Waals surface area contributed by atoms with E-state index in [0.717, 1.165) is 80.7 Å². The molecule has 1 atom stereocenters. The summed E-state index contributed by atoms with van der Waals surface area (Å²) in [6.07, 6.45) is 13.4. The van der Waals surface area contributed by atoms with Gasteiger partial charge in [0.15, 0.2) is 0 Å². The molecule has 4 aliphatic carbocycles. The lowest BCUT2D eigenvalue weighted by molar-refractivity contribution is -0.212. The Hall–Kier alpha value is -1.46. The van der Waals surface area contributed by atoms with E-state index in [-0.39, 0.29) is 17.1 Å². The zero-order valence-electron chi connectivity index (χ0n) is 18.1. The number of hydrogen-bond donors (Lipinski definition) is 0. The quantitative estimate of drug-likeness (QED) is 0.756. The summed E-state index contributed by atoms with van der Waals surface area (Å²) in [7, 11) is 0. The molecule has 0 unspecified atom stereocenters. The summed E-state index contributed by atoms with van der Waals surface area (Å²) in [5.74, 6) is 2.89. The number of amides is 1. The van der Waals surface area contributed by atoms with Crippen molar-refractivity contribution < 1.29 is 14.3 Å². The second-order valence-electron chi connectivity index (χ2n) is 11.2. The Morgan fingerprint density at radius 1 is 1.13 bits per heavy atom. The van der Waals surface area contributed by atoms with Gasteiger partial charge in [-0.25, -0.2) is 0 Å². The van der Waals surface area contributed by atoms with Crippen molar-refractivity contribution in [2.24, 2.45) is 23.2 Å². The lowest BCUT2D eigenvalue weighted by Crippen LogP contribution is -2.70. The summed E-state index contributed by atoms with van der Waals surface area (Å²) in [5.41, 5.74) is 2.09. The van der Waals surface area contributed by atoms with E-state index >= 15 is 0 Å². The van der Waals surface area contributed by atoms with Gasteiger partial charge in [0.05, 0.1) is 31.2 Å². The van der Waals surface area contributed by atoms with Gasteiger partial charge in [0.2, 0.25) is 5.91 Å². The Kier molecular flexibility index (Phi) is 4.51. The molecule has 5 nitrogen and oxygen atoms in total. The molecule has 1 spiro atoms. The lowest BCUT2D eigenvalue weighted by Gasteiger charge is -2.60. The van der Waals surface area contributed by atoms with E-state index in [0.29, 0.717) is 12.5 Å². The van der Waals surface area contributed by atoms with Crippen LogP contribution in [-0.4, -0.2) is 47.2 Å². The SMILES string of the molecule is Cc1cncc(CO[C@H]2CCOC3(C2)CN(C(=O)C24CC5CC(CC(C5)C2)C4)C3)c1. The van der Waals surface area contributed by atoms with Crippen LogP contribution in [0.15, 0.2) is 18.5 Å². The number of aromatic nitrogens is 1. The molecule has 0 aromatic carbocycles. The number of carbonyl (C=O) groups excluding carboxylic acids is 1. The van der Waals surface area contributed by atoms with E-state index in [2.05, 4.69) is 22.9 Å². The minimum atomic E-state index is -0.175. The zero-order valence-corrected chi connectivity index (χ0v) is 18.1. The van der Waals surface area contributed by atoms with Gasteiger partial charge in [-0.05, 0) is 80.8 Å². The molecule has 1 aromatic heterocycles. The minimum absolute atomic E-state index is 0.0287. The zero-order chi connectivity index (χ0) is 20.3. The van der Waals surface area contributed by atoms with E-state index < -0.39 is 0 Å². The van der Waals surface area contributed by atoms with Gasteiger partial charge in [0.1, 0.15) is 5.60 Å². The van der Waals surface area contributed by atoms with Gasteiger partial charge in [0, 0.05) is 25.4 Å². The van der Waals surface area contributed by atoms with Crippen molar-refractivity contribution in [1.82, 2.24) is 9.88 Å². The number of hydrogen-bond acceptors (Lipinski definition) is 4. The van der Waals surface area contributed by atoms with Crippen LogP contribution in [-0.2, 0) is 20.9 Å². The maximum Gasteiger partial charge on any atom is 0.229 e. The molecule has 0 N–H and O–H groups in total. The Balaban J connectivity index is 1.06. The number of rotatable bonds is 4. The average Bonchev–Trinajstić information content (AvgIpc) is 2.69. The van der Waals surface area contributed by atoms with Crippen LogP contribution >= 0.6 is 0 Å². The largest absolute Gasteiger partial charge is 0.373 e. The Labute approximate surface area is 179 Å². The Bertz CT molecular complexity index is 796. The Morgan fingerprint density at radius 2 is 1.83 bits per heavy atom. The number of carbonyl (C=O) groups is 1. The number of nitrogens with zero attached hydrogens (tertiary/aromatic N) is 2. The molecule has 4 bridgehead atoms. The van der Waals surface area contributed by atoms with E-state index in [9.17, 15) is 4.79 Å². The number of pyridine rings is 1. The second kappa shape index (κ2) is 7.03. The van der Waals surface area contributed by atoms with Crippen LogP contribution in [0, 0.1) is 30.1 Å². The highest BCUT2D eigenvalue weighted by molar-refractivity contribution is 5.84. The van der Waals surface area contributed by atoms with Gasteiger partial charge >= 0.3 is 0 Å². The molecular weight excluding hydrogens is 376 g/mol. The van der Waals surface area contributed by atoms with Crippen molar-refractivity contribution in [3.63, 3.8) is 0 Å². The van der Waals surface area contributed by atoms with Crippen molar-refractivity contribution in [3.8, 4) is 0 Å². The first kappa shape index (κ1) is 19.2. The highest BCUT2D eigenvalue weighted by Gasteiger charge is 2.59. The first-order valence-electron chi connectivity index (χ1n) is 12.0. The molecule has 6 aliphatic rings. The third-order valence-electron chi connectivity index (χ3n) is 8.60. The van der Waals surface area contributed by atoms with Crippen LogP contribution in [0.2, 0.25) is 0 Å². The molecule has 0 radical (unpaired) electrons. The van der Waals surface area contributed by atoms with Gasteiger partial charge in [-0.1, -0.05) is 6.07 Å². The molecule has 2 saturated heterocycles. The van der Waals surface area contributed by atoms with E-state index in [1.165, 1.54) is 19.3 Å². The summed E-state index contributed by atoms with van der Waals surface area (Å²) >= 11 is 0. The molecule has 7 rings (SSSR count). The van der Waals surface area contributed by atoms with Crippen molar-refractivity contribution in [2.75, 3.05) is 19.7 Å². The van der Waals surface area contributed by atoms with E-state index in [1.807, 2.05) is 12.4 Å². The van der Waals surface area contributed by atoms with Gasteiger partial charge in [-0.15, -0.1) is 0 Å². The van der Waals surface area contributed by atoms with Gasteiger partial charge in [-0.2, -0.15) is 0 Å². The van der Waals surface area contributed by atoms with Crippen LogP contribution in [0.3, 0.4) is 0 Å². The fourth-order valence-corrected chi connectivity index (χ4v) is 7.76. The highest BCUT2D eigenvalue weighted by atomic mass is 16.5. The monoisotopic (exact) mass is 410 g/mol. The smallest absolute Gasteiger partial charge is 0.229 e. The fourth-order valence-electron chi connectivity index (χ4n) is 7.76. The average molecular weight is 411 g/mol. The van der Waals surface area contributed by atoms with Gasteiger partial charge in [-0.3, -0.25) is 9.78 Å². The van der Waals surface area contributed by atoms with Gasteiger partial charge in [0.25, 0.3) is 0 Å². The number of aryl methyl sites for hydroxylation is 1. The van der Waals surface area contributed by atoms with Crippen LogP contribution in [0.25, 0.3) is 0 Å². The molecule has 1 aromatic rings. The second-order valence-corrected chi connectivity index (χ2v) is 11.2. The fraction of sp³-hybridized carbons (Fsp3) is 0.760. The molecule has 30 heavy (non-hydrogen) atoms. The Morgan fingerprint density at radius 3 is 2.50 bits per heavy atom. The highest BCUT2D eigenvalue weighted by Crippen LogP contribution is 2.61.